The van der Waals surface area contributed by atoms with Gasteiger partial charge in [0.15, 0.2) is 10.9 Å². The number of benzene rings is 2. The van der Waals surface area contributed by atoms with Gasteiger partial charge in [-0.1, -0.05) is 22.0 Å². The maximum absolute atomic E-state index is 12.4. The Kier molecular flexibility index (Phi) is 5.26. The predicted molar refractivity (Wildman–Crippen MR) is 117 cm³/mol. The number of hydrogen-bond acceptors (Lipinski definition) is 8. The van der Waals surface area contributed by atoms with Crippen LogP contribution in [0.25, 0.3) is 10.8 Å². The van der Waals surface area contributed by atoms with E-state index in [1.54, 1.807) is 23.7 Å². The van der Waals surface area contributed by atoms with E-state index in [0.29, 0.717) is 16.5 Å². The Morgan fingerprint density at radius 2 is 1.86 bits per heavy atom. The Bertz CT molecular complexity index is 1300. The number of nitrogens with one attached hydrogen (secondary N) is 1. The first-order valence-corrected chi connectivity index (χ1v) is 11.4. The van der Waals surface area contributed by atoms with Crippen LogP contribution in [0, 0.1) is 0 Å². The van der Waals surface area contributed by atoms with Gasteiger partial charge in [-0.05, 0) is 36.4 Å². The lowest BCUT2D eigenvalue weighted by Gasteiger charge is -2.06. The van der Waals surface area contributed by atoms with E-state index < -0.39 is 10.0 Å². The van der Waals surface area contributed by atoms with Gasteiger partial charge in [0.25, 0.3) is 10.0 Å². The van der Waals surface area contributed by atoms with E-state index in [1.807, 2.05) is 18.2 Å². The molecule has 0 unspecified atom stereocenters. The molecule has 0 aliphatic carbocycles. The van der Waals surface area contributed by atoms with Gasteiger partial charge < -0.3 is 5.73 Å². The quantitative estimate of drug-likeness (QED) is 0.371. The molecule has 0 atom stereocenters. The summed E-state index contributed by atoms with van der Waals surface area (Å²) >= 11 is 4.64. The topological polar surface area (TPSA) is 123 Å². The Morgan fingerprint density at radius 1 is 1.07 bits per heavy atom. The highest BCUT2D eigenvalue weighted by molar-refractivity contribution is 9.10. The van der Waals surface area contributed by atoms with Gasteiger partial charge in [0.1, 0.15) is 5.69 Å². The second-order valence-corrected chi connectivity index (χ2v) is 9.35. The number of thiazole rings is 1. The molecule has 0 radical (unpaired) electrons. The number of nitrogen functional groups attached to an aromatic ring is 1. The van der Waals surface area contributed by atoms with E-state index >= 15 is 0 Å². The summed E-state index contributed by atoms with van der Waals surface area (Å²) in [5.74, 6) is 0.256. The molecule has 0 aliphatic heterocycles. The molecular formula is C18H13BrN6O2S2. The zero-order valence-electron chi connectivity index (χ0n) is 14.7. The highest BCUT2D eigenvalue weighted by Crippen LogP contribution is 2.33. The average molecular weight is 489 g/mol. The van der Waals surface area contributed by atoms with Crippen molar-refractivity contribution < 1.29 is 8.42 Å². The number of hydrogen-bond donors (Lipinski definition) is 2. The van der Waals surface area contributed by atoms with Crippen LogP contribution in [-0.2, 0) is 10.0 Å². The van der Waals surface area contributed by atoms with Crippen LogP contribution in [-0.4, -0.2) is 18.4 Å². The zero-order chi connectivity index (χ0) is 20.4. The molecule has 0 fully saturated rings. The number of sulfonamides is 1. The number of aromatic nitrogens is 2. The summed E-state index contributed by atoms with van der Waals surface area (Å²) in [6.07, 6.45) is 3.20. The second-order valence-electron chi connectivity index (χ2n) is 5.86. The molecular weight excluding hydrogens is 476 g/mol. The number of halogens is 1. The minimum atomic E-state index is -3.72. The van der Waals surface area contributed by atoms with E-state index in [-0.39, 0.29) is 10.7 Å². The van der Waals surface area contributed by atoms with Crippen molar-refractivity contribution in [1.29, 1.82) is 0 Å². The summed E-state index contributed by atoms with van der Waals surface area (Å²) in [7, 11) is -3.72. The van der Waals surface area contributed by atoms with Crippen molar-refractivity contribution in [2.24, 2.45) is 10.2 Å². The van der Waals surface area contributed by atoms with Crippen molar-refractivity contribution in [3.05, 3.63) is 64.7 Å². The molecule has 2 heterocycles. The molecule has 0 amide bonds. The van der Waals surface area contributed by atoms with Crippen LogP contribution in [0.5, 0.6) is 0 Å². The van der Waals surface area contributed by atoms with Gasteiger partial charge in [0.05, 0.1) is 10.6 Å². The highest BCUT2D eigenvalue weighted by Gasteiger charge is 2.15. The summed E-state index contributed by atoms with van der Waals surface area (Å²) in [6.45, 7) is 0. The molecule has 0 spiro atoms. The lowest BCUT2D eigenvalue weighted by Crippen LogP contribution is -2.12. The molecule has 0 saturated heterocycles. The summed E-state index contributed by atoms with van der Waals surface area (Å²) in [5.41, 5.74) is 6.90. The fourth-order valence-corrected chi connectivity index (χ4v) is 4.69. The number of azo groups is 1. The van der Waals surface area contributed by atoms with Crippen molar-refractivity contribution in [2.45, 2.75) is 4.90 Å². The van der Waals surface area contributed by atoms with Crippen molar-refractivity contribution >= 4 is 70.4 Å². The third-order valence-electron chi connectivity index (χ3n) is 3.92. The molecule has 146 valence electrons. The van der Waals surface area contributed by atoms with E-state index in [9.17, 15) is 8.42 Å². The van der Waals surface area contributed by atoms with Crippen LogP contribution >= 0.6 is 27.3 Å². The number of nitrogens with two attached hydrogens (primary N) is 1. The standard InChI is InChI=1S/C18H13BrN6O2S2/c19-12-2-1-11-10-22-17(20)16(15(11)9-12)24-23-13-3-5-14(6-4-13)29(26,27)25-18-21-7-8-28-18/h1-10H,(H2,20,22)(H,21,25). The SMILES string of the molecule is Nc1ncc2ccc(Br)cc2c1N=Nc1ccc(S(=O)(=O)Nc2nccs2)cc1. The largest absolute Gasteiger partial charge is 0.382 e. The molecule has 0 saturated carbocycles. The van der Waals surface area contributed by atoms with Gasteiger partial charge >= 0.3 is 0 Å². The normalized spacial score (nSPS) is 11.9. The van der Waals surface area contributed by atoms with Crippen molar-refractivity contribution in [3.8, 4) is 0 Å². The average Bonchev–Trinajstić information content (AvgIpc) is 3.20. The molecule has 0 aliphatic rings. The van der Waals surface area contributed by atoms with Crippen molar-refractivity contribution in [1.82, 2.24) is 9.97 Å². The third-order valence-corrected chi connectivity index (χ3v) is 6.59. The van der Waals surface area contributed by atoms with Gasteiger partial charge in [-0.25, -0.2) is 18.4 Å². The second kappa shape index (κ2) is 7.85. The molecule has 2 aromatic heterocycles. The van der Waals surface area contributed by atoms with Gasteiger partial charge in [-0.15, -0.1) is 16.5 Å². The first kappa shape index (κ1) is 19.4. The van der Waals surface area contributed by atoms with Crippen LogP contribution < -0.4 is 10.5 Å². The number of nitrogens with zero attached hydrogens (tertiary/aromatic N) is 4. The lowest BCUT2D eigenvalue weighted by atomic mass is 10.1. The third kappa shape index (κ3) is 4.26. The smallest absolute Gasteiger partial charge is 0.263 e. The Hall–Kier alpha value is -2.89. The van der Waals surface area contributed by atoms with Crippen LogP contribution in [0.1, 0.15) is 0 Å². The molecule has 29 heavy (non-hydrogen) atoms. The maximum Gasteiger partial charge on any atom is 0.263 e. The zero-order valence-corrected chi connectivity index (χ0v) is 17.9. The minimum Gasteiger partial charge on any atom is -0.382 e. The number of anilines is 2. The van der Waals surface area contributed by atoms with Crippen LogP contribution in [0.2, 0.25) is 0 Å². The molecule has 2 aromatic carbocycles. The summed E-state index contributed by atoms with van der Waals surface area (Å²) < 4.78 is 28.1. The van der Waals surface area contributed by atoms with E-state index in [4.69, 9.17) is 5.73 Å². The Morgan fingerprint density at radius 3 is 2.59 bits per heavy atom. The molecule has 11 heteroatoms. The van der Waals surface area contributed by atoms with E-state index in [2.05, 4.69) is 40.8 Å². The lowest BCUT2D eigenvalue weighted by molar-refractivity contribution is 0.601. The molecule has 4 rings (SSSR count). The number of pyridine rings is 1. The molecule has 0 bridgehead atoms. The Labute approximate surface area is 178 Å². The van der Waals surface area contributed by atoms with Crippen molar-refractivity contribution in [2.75, 3.05) is 10.5 Å². The first-order chi connectivity index (χ1) is 13.9. The summed E-state index contributed by atoms with van der Waals surface area (Å²) in [6, 6.07) is 11.7. The first-order valence-electron chi connectivity index (χ1n) is 8.20. The fourth-order valence-electron chi connectivity index (χ4n) is 2.54. The Balaban J connectivity index is 1.61. The monoisotopic (exact) mass is 488 g/mol. The van der Waals surface area contributed by atoms with Gasteiger partial charge in [0.2, 0.25) is 0 Å². The van der Waals surface area contributed by atoms with E-state index in [0.717, 1.165) is 15.2 Å². The number of rotatable bonds is 5. The van der Waals surface area contributed by atoms with Gasteiger partial charge in [-0.3, -0.25) is 4.72 Å². The molecule has 8 nitrogen and oxygen atoms in total. The number of fused-ring (bicyclic) bond motifs is 1. The maximum atomic E-state index is 12.4. The van der Waals surface area contributed by atoms with Crippen molar-refractivity contribution in [3.63, 3.8) is 0 Å². The predicted octanol–water partition coefficient (Wildman–Crippen LogP) is 5.25. The molecule has 4 aromatic rings. The van der Waals surface area contributed by atoms with Gasteiger partial charge in [-0.2, -0.15) is 5.11 Å². The summed E-state index contributed by atoms with van der Waals surface area (Å²) in [4.78, 5) is 8.17. The fraction of sp³-hybridized carbons (Fsp3) is 0. The summed E-state index contributed by atoms with van der Waals surface area (Å²) in [5, 5.41) is 12.1. The molecule has 3 N–H and O–H groups in total. The van der Waals surface area contributed by atoms with Crippen LogP contribution in [0.4, 0.5) is 22.3 Å². The van der Waals surface area contributed by atoms with Crippen LogP contribution in [0.15, 0.2) is 79.8 Å². The van der Waals surface area contributed by atoms with Crippen LogP contribution in [0.3, 0.4) is 0 Å². The minimum absolute atomic E-state index is 0.0990. The van der Waals surface area contributed by atoms with E-state index in [1.165, 1.54) is 29.7 Å². The van der Waals surface area contributed by atoms with Gasteiger partial charge in [0, 0.05) is 33.0 Å². The highest BCUT2D eigenvalue weighted by atomic mass is 79.9.